The van der Waals surface area contributed by atoms with Gasteiger partial charge in [0.2, 0.25) is 5.91 Å². The first kappa shape index (κ1) is 13.9. The molecule has 0 spiro atoms. The number of anilines is 1. The molecule has 0 saturated carbocycles. The smallest absolute Gasteiger partial charge is 0.224 e. The molecule has 100 valence electrons. The maximum atomic E-state index is 11.6. The first-order valence-corrected chi connectivity index (χ1v) is 6.75. The second kappa shape index (κ2) is 7.16. The first-order valence-electron chi connectivity index (χ1n) is 6.75. The number of nitrogens with one attached hydrogen (secondary N) is 1. The molecule has 0 heterocycles. The highest BCUT2D eigenvalue weighted by molar-refractivity contribution is 5.90. The van der Waals surface area contributed by atoms with E-state index in [2.05, 4.69) is 17.2 Å². The molecule has 1 N–H and O–H groups in total. The van der Waals surface area contributed by atoms with Gasteiger partial charge in [-0.15, -0.1) is 0 Å². The molecule has 0 fully saturated rings. The zero-order valence-corrected chi connectivity index (χ0v) is 11.5. The number of amides is 1. The van der Waals surface area contributed by atoms with Gasteiger partial charge in [-0.3, -0.25) is 4.79 Å². The molecule has 1 amide bonds. The molecule has 0 saturated heterocycles. The van der Waals surface area contributed by atoms with E-state index >= 15 is 0 Å². The van der Waals surface area contributed by atoms with Crippen LogP contribution in [-0.2, 0) is 4.79 Å². The van der Waals surface area contributed by atoms with E-state index in [-0.39, 0.29) is 5.91 Å². The summed E-state index contributed by atoms with van der Waals surface area (Å²) in [5.74, 6) is 6.25. The topological polar surface area (TPSA) is 29.1 Å². The summed E-state index contributed by atoms with van der Waals surface area (Å²) in [6.45, 7) is 1.99. The summed E-state index contributed by atoms with van der Waals surface area (Å²) < 4.78 is 0. The predicted octanol–water partition coefficient (Wildman–Crippen LogP) is 3.83. The second-order valence-electron chi connectivity index (χ2n) is 4.50. The minimum absolute atomic E-state index is 0.0423. The molecular formula is C18H17NO. The molecule has 0 aliphatic rings. The molecule has 20 heavy (non-hydrogen) atoms. The summed E-state index contributed by atoms with van der Waals surface area (Å²) in [5, 5.41) is 2.87. The standard InChI is InChI=1S/C18H17NO/c1-2-7-18(20)19-17-11-6-10-16(14-17)13-12-15-8-4-3-5-9-15/h3-6,8-11,14H,2,7H2,1H3,(H,19,20). The van der Waals surface area contributed by atoms with Crippen LogP contribution < -0.4 is 5.32 Å². The normalized spacial score (nSPS) is 9.45. The summed E-state index contributed by atoms with van der Waals surface area (Å²) in [5.41, 5.74) is 2.67. The summed E-state index contributed by atoms with van der Waals surface area (Å²) in [6.07, 6.45) is 1.39. The third-order valence-electron chi connectivity index (χ3n) is 2.75. The fourth-order valence-electron chi connectivity index (χ4n) is 1.79. The number of hydrogen-bond acceptors (Lipinski definition) is 1. The molecule has 0 radical (unpaired) electrons. The van der Waals surface area contributed by atoms with Gasteiger partial charge in [0.15, 0.2) is 0 Å². The van der Waals surface area contributed by atoms with Crippen LogP contribution in [0.5, 0.6) is 0 Å². The van der Waals surface area contributed by atoms with Crippen molar-refractivity contribution >= 4 is 11.6 Å². The van der Waals surface area contributed by atoms with Gasteiger partial charge in [-0.2, -0.15) is 0 Å². The lowest BCUT2D eigenvalue weighted by molar-refractivity contribution is -0.116. The van der Waals surface area contributed by atoms with E-state index in [1.54, 1.807) is 0 Å². The lowest BCUT2D eigenvalue weighted by Crippen LogP contribution is -2.10. The number of carbonyl (C=O) groups is 1. The van der Waals surface area contributed by atoms with Crippen LogP contribution in [0.25, 0.3) is 0 Å². The Morgan fingerprint density at radius 1 is 1.00 bits per heavy atom. The Balaban J connectivity index is 2.11. The second-order valence-corrected chi connectivity index (χ2v) is 4.50. The first-order chi connectivity index (χ1) is 9.78. The quantitative estimate of drug-likeness (QED) is 0.838. The Kier molecular flexibility index (Phi) is 4.97. The van der Waals surface area contributed by atoms with Crippen molar-refractivity contribution in [3.8, 4) is 11.8 Å². The van der Waals surface area contributed by atoms with Gasteiger partial charge in [-0.1, -0.05) is 43.0 Å². The molecule has 0 bridgehead atoms. The number of carbonyl (C=O) groups excluding carboxylic acids is 1. The van der Waals surface area contributed by atoms with Crippen LogP contribution >= 0.6 is 0 Å². The number of rotatable bonds is 3. The van der Waals surface area contributed by atoms with Crippen molar-refractivity contribution in [3.05, 3.63) is 65.7 Å². The summed E-state index contributed by atoms with van der Waals surface area (Å²) in [6, 6.07) is 17.4. The highest BCUT2D eigenvalue weighted by atomic mass is 16.1. The van der Waals surface area contributed by atoms with Gasteiger partial charge in [0.05, 0.1) is 0 Å². The Labute approximate surface area is 119 Å². The van der Waals surface area contributed by atoms with Gasteiger partial charge in [0, 0.05) is 23.2 Å². The average Bonchev–Trinajstić information content (AvgIpc) is 2.47. The minimum Gasteiger partial charge on any atom is -0.326 e. The molecule has 0 aliphatic carbocycles. The molecule has 2 aromatic carbocycles. The van der Waals surface area contributed by atoms with Crippen LogP contribution in [0.4, 0.5) is 5.69 Å². The minimum atomic E-state index is 0.0423. The zero-order valence-electron chi connectivity index (χ0n) is 11.5. The van der Waals surface area contributed by atoms with E-state index in [1.165, 1.54) is 0 Å². The van der Waals surface area contributed by atoms with Gasteiger partial charge in [0.1, 0.15) is 0 Å². The summed E-state index contributed by atoms with van der Waals surface area (Å²) >= 11 is 0. The predicted molar refractivity (Wildman–Crippen MR) is 82.4 cm³/mol. The fraction of sp³-hybridized carbons (Fsp3) is 0.167. The monoisotopic (exact) mass is 263 g/mol. The molecule has 0 aromatic heterocycles. The van der Waals surface area contributed by atoms with Gasteiger partial charge in [-0.25, -0.2) is 0 Å². The van der Waals surface area contributed by atoms with Crippen molar-refractivity contribution in [2.45, 2.75) is 19.8 Å². The highest BCUT2D eigenvalue weighted by Gasteiger charge is 2.00. The van der Waals surface area contributed by atoms with Crippen molar-refractivity contribution in [2.75, 3.05) is 5.32 Å². The highest BCUT2D eigenvalue weighted by Crippen LogP contribution is 2.10. The van der Waals surface area contributed by atoms with Crippen LogP contribution in [0.3, 0.4) is 0 Å². The van der Waals surface area contributed by atoms with Crippen molar-refractivity contribution < 1.29 is 4.79 Å². The van der Waals surface area contributed by atoms with E-state index in [0.717, 1.165) is 23.2 Å². The third-order valence-corrected chi connectivity index (χ3v) is 2.75. The van der Waals surface area contributed by atoms with E-state index in [0.29, 0.717) is 6.42 Å². The maximum Gasteiger partial charge on any atom is 0.224 e. The van der Waals surface area contributed by atoms with Crippen molar-refractivity contribution in [1.29, 1.82) is 0 Å². The van der Waals surface area contributed by atoms with Crippen LogP contribution in [0.2, 0.25) is 0 Å². The number of hydrogen-bond donors (Lipinski definition) is 1. The molecule has 0 unspecified atom stereocenters. The average molecular weight is 263 g/mol. The SMILES string of the molecule is CCCC(=O)Nc1cccc(C#Cc2ccccc2)c1. The lowest BCUT2D eigenvalue weighted by atomic mass is 10.1. The van der Waals surface area contributed by atoms with E-state index < -0.39 is 0 Å². The Hall–Kier alpha value is -2.53. The zero-order chi connectivity index (χ0) is 14.2. The van der Waals surface area contributed by atoms with E-state index in [9.17, 15) is 4.79 Å². The van der Waals surface area contributed by atoms with Crippen molar-refractivity contribution in [3.63, 3.8) is 0 Å². The number of benzene rings is 2. The Morgan fingerprint density at radius 3 is 2.45 bits per heavy atom. The molecule has 0 atom stereocenters. The Morgan fingerprint density at radius 2 is 1.70 bits per heavy atom. The largest absolute Gasteiger partial charge is 0.326 e. The van der Waals surface area contributed by atoms with E-state index in [1.807, 2.05) is 61.5 Å². The van der Waals surface area contributed by atoms with Crippen LogP contribution in [-0.4, -0.2) is 5.91 Å². The van der Waals surface area contributed by atoms with Crippen molar-refractivity contribution in [1.82, 2.24) is 0 Å². The van der Waals surface area contributed by atoms with Crippen LogP contribution in [0.15, 0.2) is 54.6 Å². The molecule has 2 aromatic rings. The van der Waals surface area contributed by atoms with Crippen LogP contribution in [0.1, 0.15) is 30.9 Å². The maximum absolute atomic E-state index is 11.6. The Bertz CT molecular complexity index is 635. The molecule has 0 aliphatic heterocycles. The fourth-order valence-corrected chi connectivity index (χ4v) is 1.79. The lowest BCUT2D eigenvalue weighted by Gasteiger charge is -2.04. The summed E-state index contributed by atoms with van der Waals surface area (Å²) in [4.78, 5) is 11.6. The van der Waals surface area contributed by atoms with E-state index in [4.69, 9.17) is 0 Å². The van der Waals surface area contributed by atoms with Gasteiger partial charge >= 0.3 is 0 Å². The molecule has 2 heteroatoms. The molecular weight excluding hydrogens is 246 g/mol. The third kappa shape index (κ3) is 4.29. The molecule has 2 nitrogen and oxygen atoms in total. The van der Waals surface area contributed by atoms with Crippen molar-refractivity contribution in [2.24, 2.45) is 0 Å². The van der Waals surface area contributed by atoms with Crippen LogP contribution in [0, 0.1) is 11.8 Å². The molecule has 2 rings (SSSR count). The van der Waals surface area contributed by atoms with Gasteiger partial charge < -0.3 is 5.32 Å². The van der Waals surface area contributed by atoms with Gasteiger partial charge in [-0.05, 0) is 36.8 Å². The van der Waals surface area contributed by atoms with Gasteiger partial charge in [0.25, 0.3) is 0 Å². The summed E-state index contributed by atoms with van der Waals surface area (Å²) in [7, 11) is 0.